The minimum atomic E-state index is -0.852. The van der Waals surface area contributed by atoms with Gasteiger partial charge in [0, 0.05) is 5.69 Å². The van der Waals surface area contributed by atoms with Crippen LogP contribution in [0.2, 0.25) is 0 Å². The van der Waals surface area contributed by atoms with Gasteiger partial charge in [0.05, 0.1) is 12.5 Å². The van der Waals surface area contributed by atoms with Crippen LogP contribution in [0.15, 0.2) is 78.9 Å². The molecule has 0 aromatic heterocycles. The number of anilines is 1. The SMILES string of the molecule is O=C(O)Cc1ccccc1COc1ccc(OCC2C=Cc3ccccc3N2)cc1. The van der Waals surface area contributed by atoms with Gasteiger partial charge in [-0.05, 0) is 47.0 Å². The van der Waals surface area contributed by atoms with E-state index >= 15 is 0 Å². The highest BCUT2D eigenvalue weighted by Crippen LogP contribution is 2.24. The minimum absolute atomic E-state index is 0.0135. The number of nitrogens with one attached hydrogen (secondary N) is 1. The summed E-state index contributed by atoms with van der Waals surface area (Å²) in [5.41, 5.74) is 3.93. The van der Waals surface area contributed by atoms with Crippen molar-refractivity contribution < 1.29 is 19.4 Å². The average Bonchev–Trinajstić information content (AvgIpc) is 2.77. The van der Waals surface area contributed by atoms with Crippen LogP contribution in [0.5, 0.6) is 11.5 Å². The Balaban J connectivity index is 1.29. The van der Waals surface area contributed by atoms with Gasteiger partial charge in [-0.1, -0.05) is 54.6 Å². The molecule has 0 aliphatic carbocycles. The van der Waals surface area contributed by atoms with Gasteiger partial charge in [0.1, 0.15) is 24.7 Å². The van der Waals surface area contributed by atoms with E-state index in [2.05, 4.69) is 29.6 Å². The summed E-state index contributed by atoms with van der Waals surface area (Å²) < 4.78 is 11.7. The van der Waals surface area contributed by atoms with E-state index in [0.29, 0.717) is 19.0 Å². The predicted molar refractivity (Wildman–Crippen MR) is 117 cm³/mol. The zero-order valence-electron chi connectivity index (χ0n) is 16.5. The molecule has 0 saturated heterocycles. The van der Waals surface area contributed by atoms with Crippen LogP contribution >= 0.6 is 0 Å². The van der Waals surface area contributed by atoms with Crippen LogP contribution in [0.4, 0.5) is 5.69 Å². The van der Waals surface area contributed by atoms with Crippen molar-refractivity contribution in [2.75, 3.05) is 11.9 Å². The van der Waals surface area contributed by atoms with E-state index in [-0.39, 0.29) is 12.5 Å². The number of hydrogen-bond donors (Lipinski definition) is 2. The fourth-order valence-electron chi connectivity index (χ4n) is 3.35. The van der Waals surface area contributed by atoms with Crippen LogP contribution in [-0.4, -0.2) is 23.7 Å². The van der Waals surface area contributed by atoms with Crippen molar-refractivity contribution in [2.24, 2.45) is 0 Å². The molecule has 0 saturated carbocycles. The molecule has 0 amide bonds. The van der Waals surface area contributed by atoms with Crippen molar-refractivity contribution in [1.82, 2.24) is 0 Å². The third-order valence-corrected chi connectivity index (χ3v) is 4.92. The highest BCUT2D eigenvalue weighted by Gasteiger charge is 2.12. The fraction of sp³-hybridized carbons (Fsp3) is 0.160. The second-order valence-corrected chi connectivity index (χ2v) is 7.11. The smallest absolute Gasteiger partial charge is 0.307 e. The maximum Gasteiger partial charge on any atom is 0.307 e. The molecule has 0 spiro atoms. The number of carboxylic acid groups (broad SMARTS) is 1. The third-order valence-electron chi connectivity index (χ3n) is 4.92. The number of carboxylic acids is 1. The third kappa shape index (κ3) is 5.00. The summed E-state index contributed by atoms with van der Waals surface area (Å²) in [7, 11) is 0. The summed E-state index contributed by atoms with van der Waals surface area (Å²) >= 11 is 0. The van der Waals surface area contributed by atoms with Gasteiger partial charge < -0.3 is 19.9 Å². The first-order chi connectivity index (χ1) is 14.7. The first kappa shape index (κ1) is 19.6. The first-order valence-corrected chi connectivity index (χ1v) is 9.85. The van der Waals surface area contributed by atoms with E-state index in [9.17, 15) is 4.79 Å². The number of hydrogen-bond acceptors (Lipinski definition) is 4. The monoisotopic (exact) mass is 401 g/mol. The Morgan fingerprint density at radius 3 is 2.30 bits per heavy atom. The van der Waals surface area contributed by atoms with Gasteiger partial charge >= 0.3 is 5.97 Å². The Kier molecular flexibility index (Phi) is 5.99. The fourth-order valence-corrected chi connectivity index (χ4v) is 3.35. The minimum Gasteiger partial charge on any atom is -0.491 e. The number of ether oxygens (including phenoxy) is 2. The van der Waals surface area contributed by atoms with E-state index in [1.165, 1.54) is 5.56 Å². The summed E-state index contributed by atoms with van der Waals surface area (Å²) in [5.74, 6) is 0.620. The largest absolute Gasteiger partial charge is 0.491 e. The second-order valence-electron chi connectivity index (χ2n) is 7.11. The normalized spacial score (nSPS) is 14.5. The van der Waals surface area contributed by atoms with Crippen LogP contribution in [0, 0.1) is 0 Å². The molecule has 1 heterocycles. The number of carbonyl (C=O) groups is 1. The highest BCUT2D eigenvalue weighted by molar-refractivity contribution is 5.71. The lowest BCUT2D eigenvalue weighted by Crippen LogP contribution is -2.27. The summed E-state index contributed by atoms with van der Waals surface area (Å²) in [6.07, 6.45) is 4.20. The van der Waals surface area contributed by atoms with E-state index in [1.807, 2.05) is 60.7 Å². The van der Waals surface area contributed by atoms with Crippen LogP contribution in [0.25, 0.3) is 6.08 Å². The quantitative estimate of drug-likeness (QED) is 0.569. The summed E-state index contributed by atoms with van der Waals surface area (Å²) in [4.78, 5) is 11.0. The lowest BCUT2D eigenvalue weighted by Gasteiger charge is -2.22. The molecule has 0 bridgehead atoms. The number of para-hydroxylation sites is 1. The molecule has 4 rings (SSSR count). The Bertz CT molecular complexity index is 1040. The molecule has 152 valence electrons. The van der Waals surface area contributed by atoms with Crippen molar-refractivity contribution in [3.63, 3.8) is 0 Å². The molecular weight excluding hydrogens is 378 g/mol. The van der Waals surface area contributed by atoms with Gasteiger partial charge in [-0.3, -0.25) is 4.79 Å². The van der Waals surface area contributed by atoms with Crippen LogP contribution in [0.1, 0.15) is 16.7 Å². The predicted octanol–water partition coefficient (Wildman–Crippen LogP) is 4.78. The number of rotatable bonds is 8. The van der Waals surface area contributed by atoms with Gasteiger partial charge in [-0.2, -0.15) is 0 Å². The van der Waals surface area contributed by atoms with Gasteiger partial charge in [-0.25, -0.2) is 0 Å². The van der Waals surface area contributed by atoms with Gasteiger partial charge in [0.15, 0.2) is 0 Å². The van der Waals surface area contributed by atoms with Crippen molar-refractivity contribution in [3.05, 3.63) is 95.6 Å². The average molecular weight is 401 g/mol. The molecule has 1 aliphatic heterocycles. The zero-order chi connectivity index (χ0) is 20.8. The van der Waals surface area contributed by atoms with E-state index in [0.717, 1.165) is 22.6 Å². The topological polar surface area (TPSA) is 67.8 Å². The first-order valence-electron chi connectivity index (χ1n) is 9.85. The van der Waals surface area contributed by atoms with E-state index in [4.69, 9.17) is 14.6 Å². The summed E-state index contributed by atoms with van der Waals surface area (Å²) in [5, 5.41) is 12.5. The van der Waals surface area contributed by atoms with E-state index in [1.54, 1.807) is 0 Å². The van der Waals surface area contributed by atoms with Crippen molar-refractivity contribution in [2.45, 2.75) is 19.1 Å². The Hall–Kier alpha value is -3.73. The van der Waals surface area contributed by atoms with Gasteiger partial charge in [0.2, 0.25) is 0 Å². The highest BCUT2D eigenvalue weighted by atomic mass is 16.5. The molecule has 3 aromatic rings. The van der Waals surface area contributed by atoms with Crippen molar-refractivity contribution in [1.29, 1.82) is 0 Å². The lowest BCUT2D eigenvalue weighted by atomic mass is 10.1. The molecule has 2 N–H and O–H groups in total. The van der Waals surface area contributed by atoms with Crippen molar-refractivity contribution in [3.8, 4) is 11.5 Å². The van der Waals surface area contributed by atoms with Crippen LogP contribution in [0.3, 0.4) is 0 Å². The molecule has 3 aromatic carbocycles. The van der Waals surface area contributed by atoms with Crippen LogP contribution in [-0.2, 0) is 17.8 Å². The lowest BCUT2D eigenvalue weighted by molar-refractivity contribution is -0.136. The Morgan fingerprint density at radius 1 is 0.867 bits per heavy atom. The molecule has 30 heavy (non-hydrogen) atoms. The van der Waals surface area contributed by atoms with Crippen molar-refractivity contribution >= 4 is 17.7 Å². The summed E-state index contributed by atoms with van der Waals surface area (Å²) in [6.45, 7) is 0.841. The van der Waals surface area contributed by atoms with E-state index < -0.39 is 5.97 Å². The number of fused-ring (bicyclic) bond motifs is 1. The maximum absolute atomic E-state index is 11.0. The molecule has 1 aliphatic rings. The maximum atomic E-state index is 11.0. The Morgan fingerprint density at radius 2 is 1.53 bits per heavy atom. The number of benzene rings is 3. The van der Waals surface area contributed by atoms with Gasteiger partial charge in [-0.15, -0.1) is 0 Å². The molecule has 5 heteroatoms. The molecule has 0 radical (unpaired) electrons. The zero-order valence-corrected chi connectivity index (χ0v) is 16.5. The summed E-state index contributed by atoms with van der Waals surface area (Å²) in [6, 6.07) is 23.2. The standard InChI is InChI=1S/C25H23NO4/c27-25(28)15-19-6-1-2-7-20(19)16-29-22-11-13-23(14-12-22)30-17-21-10-9-18-5-3-4-8-24(18)26-21/h1-14,21,26H,15-17H2,(H,27,28). The second kappa shape index (κ2) is 9.18. The number of aliphatic carboxylic acids is 1. The Labute approximate surface area is 175 Å². The van der Waals surface area contributed by atoms with Crippen LogP contribution < -0.4 is 14.8 Å². The molecule has 5 nitrogen and oxygen atoms in total. The van der Waals surface area contributed by atoms with Gasteiger partial charge in [0.25, 0.3) is 0 Å². The molecule has 1 unspecified atom stereocenters. The molecule has 0 fully saturated rings. The molecule has 1 atom stereocenters. The molecular formula is C25H23NO4.